The summed E-state index contributed by atoms with van der Waals surface area (Å²) in [5, 5.41) is 4.14. The maximum absolute atomic E-state index is 12.5. The third-order valence-corrected chi connectivity index (χ3v) is 5.25. The lowest BCUT2D eigenvalue weighted by Gasteiger charge is -2.31. The van der Waals surface area contributed by atoms with Gasteiger partial charge in [0.2, 0.25) is 0 Å². The van der Waals surface area contributed by atoms with Crippen LogP contribution >= 0.6 is 11.8 Å². The fraction of sp³-hybridized carbons (Fsp3) is 1.00. The molecule has 1 heterocycles. The Balaban J connectivity index is 1.65. The summed E-state index contributed by atoms with van der Waals surface area (Å²) >= 11 is 1.99. The largest absolute Gasteiger partial charge is 0.391 e. The summed E-state index contributed by atoms with van der Waals surface area (Å²) in [5.41, 5.74) is 0. The summed E-state index contributed by atoms with van der Waals surface area (Å²) in [6.45, 7) is 0.978. The van der Waals surface area contributed by atoms with E-state index in [-0.39, 0.29) is 0 Å². The Kier molecular flexibility index (Phi) is 4.64. The Labute approximate surface area is 105 Å². The van der Waals surface area contributed by atoms with Crippen LogP contribution in [-0.4, -0.2) is 29.8 Å². The molecule has 2 fully saturated rings. The second-order valence-corrected chi connectivity index (χ2v) is 6.54. The van der Waals surface area contributed by atoms with Crippen molar-refractivity contribution < 1.29 is 13.2 Å². The van der Waals surface area contributed by atoms with E-state index in [9.17, 15) is 13.2 Å². The van der Waals surface area contributed by atoms with Gasteiger partial charge in [-0.25, -0.2) is 0 Å². The number of thioether (sulfide) groups is 1. The van der Waals surface area contributed by atoms with Crippen molar-refractivity contribution in [2.24, 2.45) is 5.92 Å². The monoisotopic (exact) mass is 267 g/mol. The van der Waals surface area contributed by atoms with Crippen LogP contribution in [0.2, 0.25) is 0 Å². The fourth-order valence-electron chi connectivity index (χ4n) is 2.73. The van der Waals surface area contributed by atoms with Gasteiger partial charge in [0, 0.05) is 17.8 Å². The number of halogens is 3. The minimum atomic E-state index is -3.98. The van der Waals surface area contributed by atoms with E-state index in [0.29, 0.717) is 37.0 Å². The molecule has 0 bridgehead atoms. The SMILES string of the molecule is FC(F)(F)C1CCC(NCC2CCCS2)CC1. The van der Waals surface area contributed by atoms with E-state index < -0.39 is 12.1 Å². The van der Waals surface area contributed by atoms with Gasteiger partial charge in [-0.3, -0.25) is 0 Å². The smallest absolute Gasteiger partial charge is 0.313 e. The minimum Gasteiger partial charge on any atom is -0.313 e. The summed E-state index contributed by atoms with van der Waals surface area (Å²) in [4.78, 5) is 0. The molecule has 0 radical (unpaired) electrons. The summed E-state index contributed by atoms with van der Waals surface area (Å²) in [5.74, 6) is 0.189. The van der Waals surface area contributed by atoms with Crippen LogP contribution in [0.25, 0.3) is 0 Å². The molecule has 17 heavy (non-hydrogen) atoms. The van der Waals surface area contributed by atoms with Gasteiger partial charge < -0.3 is 5.32 Å². The molecule has 0 spiro atoms. The highest BCUT2D eigenvalue weighted by Gasteiger charge is 2.41. The van der Waals surface area contributed by atoms with Gasteiger partial charge in [-0.1, -0.05) is 0 Å². The molecule has 1 aliphatic heterocycles. The summed E-state index contributed by atoms with van der Waals surface area (Å²) < 4.78 is 37.4. The molecule has 2 aliphatic rings. The van der Waals surface area contributed by atoms with Crippen LogP contribution in [0.3, 0.4) is 0 Å². The first-order valence-electron chi connectivity index (χ1n) is 6.47. The zero-order chi connectivity index (χ0) is 12.3. The lowest BCUT2D eigenvalue weighted by Crippen LogP contribution is -2.39. The molecule has 1 unspecified atom stereocenters. The molecular weight excluding hydrogens is 247 g/mol. The van der Waals surface area contributed by atoms with Crippen molar-refractivity contribution in [1.82, 2.24) is 5.32 Å². The third kappa shape index (κ3) is 4.05. The Morgan fingerprint density at radius 3 is 2.29 bits per heavy atom. The second-order valence-electron chi connectivity index (χ2n) is 5.13. The molecule has 1 saturated carbocycles. The van der Waals surface area contributed by atoms with Crippen molar-refractivity contribution in [3.63, 3.8) is 0 Å². The quantitative estimate of drug-likeness (QED) is 0.838. The normalized spacial score (nSPS) is 35.1. The van der Waals surface area contributed by atoms with Crippen molar-refractivity contribution in [1.29, 1.82) is 0 Å². The molecule has 1 saturated heterocycles. The molecule has 5 heteroatoms. The third-order valence-electron chi connectivity index (χ3n) is 3.85. The number of rotatable bonds is 3. The van der Waals surface area contributed by atoms with Crippen LogP contribution in [0.1, 0.15) is 38.5 Å². The molecular formula is C12H20F3NS. The molecule has 0 amide bonds. The van der Waals surface area contributed by atoms with E-state index >= 15 is 0 Å². The van der Waals surface area contributed by atoms with Crippen LogP contribution in [0.5, 0.6) is 0 Å². The van der Waals surface area contributed by atoms with Crippen molar-refractivity contribution in [2.45, 2.75) is 56.0 Å². The van der Waals surface area contributed by atoms with Gasteiger partial charge in [0.1, 0.15) is 0 Å². The summed E-state index contributed by atoms with van der Waals surface area (Å²) in [6, 6.07) is 0.315. The van der Waals surface area contributed by atoms with Crippen molar-refractivity contribution in [3.8, 4) is 0 Å². The van der Waals surface area contributed by atoms with Gasteiger partial charge >= 0.3 is 6.18 Å². The van der Waals surface area contributed by atoms with Gasteiger partial charge in [-0.2, -0.15) is 24.9 Å². The second kappa shape index (κ2) is 5.83. The van der Waals surface area contributed by atoms with Crippen LogP contribution < -0.4 is 5.32 Å². The zero-order valence-electron chi connectivity index (χ0n) is 9.93. The lowest BCUT2D eigenvalue weighted by molar-refractivity contribution is -0.182. The number of alkyl halides is 3. The molecule has 0 aromatic rings. The first kappa shape index (κ1) is 13.5. The van der Waals surface area contributed by atoms with Crippen LogP contribution in [0, 0.1) is 5.92 Å². The van der Waals surface area contributed by atoms with Gasteiger partial charge in [0.05, 0.1) is 5.92 Å². The van der Waals surface area contributed by atoms with E-state index in [1.807, 2.05) is 11.8 Å². The highest BCUT2D eigenvalue weighted by atomic mass is 32.2. The highest BCUT2D eigenvalue weighted by molar-refractivity contribution is 8.00. The molecule has 2 rings (SSSR count). The maximum Gasteiger partial charge on any atom is 0.391 e. The van der Waals surface area contributed by atoms with E-state index in [1.54, 1.807) is 0 Å². The topological polar surface area (TPSA) is 12.0 Å². The molecule has 1 N–H and O–H groups in total. The predicted octanol–water partition coefficient (Wildman–Crippen LogP) is 3.59. The maximum atomic E-state index is 12.5. The fourth-order valence-corrected chi connectivity index (χ4v) is 3.94. The van der Waals surface area contributed by atoms with E-state index in [1.165, 1.54) is 18.6 Å². The van der Waals surface area contributed by atoms with Crippen molar-refractivity contribution >= 4 is 11.8 Å². The van der Waals surface area contributed by atoms with Crippen LogP contribution in [0.4, 0.5) is 13.2 Å². The van der Waals surface area contributed by atoms with E-state index in [4.69, 9.17) is 0 Å². The van der Waals surface area contributed by atoms with E-state index in [2.05, 4.69) is 5.32 Å². The van der Waals surface area contributed by atoms with Crippen molar-refractivity contribution in [3.05, 3.63) is 0 Å². The average Bonchev–Trinajstić information content (AvgIpc) is 2.78. The molecule has 100 valence electrons. The van der Waals surface area contributed by atoms with Crippen LogP contribution in [0.15, 0.2) is 0 Å². The Bertz CT molecular complexity index is 230. The Hall–Kier alpha value is 0.100. The number of hydrogen-bond acceptors (Lipinski definition) is 2. The van der Waals surface area contributed by atoms with E-state index in [0.717, 1.165) is 6.54 Å². The lowest BCUT2D eigenvalue weighted by atomic mass is 9.85. The summed E-state index contributed by atoms with van der Waals surface area (Å²) in [6.07, 6.45) is 0.542. The van der Waals surface area contributed by atoms with Gasteiger partial charge in [-0.05, 0) is 44.3 Å². The molecule has 0 aromatic heterocycles. The van der Waals surface area contributed by atoms with Gasteiger partial charge in [-0.15, -0.1) is 0 Å². The molecule has 0 aromatic carbocycles. The zero-order valence-corrected chi connectivity index (χ0v) is 10.7. The number of hydrogen-bond donors (Lipinski definition) is 1. The first-order chi connectivity index (χ1) is 8.05. The van der Waals surface area contributed by atoms with Crippen LogP contribution in [-0.2, 0) is 0 Å². The standard InChI is InChI=1S/C12H20F3NS/c13-12(14,15)9-3-5-10(6-4-9)16-8-11-2-1-7-17-11/h9-11,16H,1-8H2. The Morgan fingerprint density at radius 1 is 1.06 bits per heavy atom. The first-order valence-corrected chi connectivity index (χ1v) is 7.52. The summed E-state index contributed by atoms with van der Waals surface area (Å²) in [7, 11) is 0. The molecule has 1 nitrogen and oxygen atoms in total. The highest BCUT2D eigenvalue weighted by Crippen LogP contribution is 2.37. The number of nitrogens with one attached hydrogen (secondary N) is 1. The minimum absolute atomic E-state index is 0.305. The molecule has 1 aliphatic carbocycles. The van der Waals surface area contributed by atoms with Crippen molar-refractivity contribution in [2.75, 3.05) is 12.3 Å². The molecule has 1 atom stereocenters. The Morgan fingerprint density at radius 2 is 1.76 bits per heavy atom. The van der Waals surface area contributed by atoms with Gasteiger partial charge in [0.25, 0.3) is 0 Å². The predicted molar refractivity (Wildman–Crippen MR) is 65.3 cm³/mol. The average molecular weight is 267 g/mol. The van der Waals surface area contributed by atoms with Gasteiger partial charge in [0.15, 0.2) is 0 Å².